The van der Waals surface area contributed by atoms with Gasteiger partial charge < -0.3 is 16.5 Å². The van der Waals surface area contributed by atoms with Crippen LogP contribution in [0.15, 0.2) is 30.7 Å². The van der Waals surface area contributed by atoms with Crippen LogP contribution in [0.25, 0.3) is 0 Å². The topological polar surface area (TPSA) is 80.7 Å². The van der Waals surface area contributed by atoms with E-state index in [1.807, 2.05) is 18.3 Å². The first-order valence-corrected chi connectivity index (χ1v) is 5.77. The van der Waals surface area contributed by atoms with E-state index in [1.165, 1.54) is 5.56 Å². The first kappa shape index (κ1) is 11.8. The fourth-order valence-corrected chi connectivity index (χ4v) is 2.17. The molecule has 0 spiro atoms. The summed E-state index contributed by atoms with van der Waals surface area (Å²) in [6, 6.07) is 6.17. The minimum Gasteiger partial charge on any atom is -0.348 e. The standard InChI is InChI=1S/C13H18N4/c1-9(13-7-16-8-17-13)11-4-2-3-10(5-14)12(11)6-15/h2-4,7-9H,5-6,14-15H2,1H3,(H,16,17). The van der Waals surface area contributed by atoms with Crippen molar-refractivity contribution < 1.29 is 0 Å². The fourth-order valence-electron chi connectivity index (χ4n) is 2.17. The van der Waals surface area contributed by atoms with Crippen LogP contribution >= 0.6 is 0 Å². The number of rotatable bonds is 4. The van der Waals surface area contributed by atoms with Gasteiger partial charge in [0.15, 0.2) is 0 Å². The number of hydrogen-bond donors (Lipinski definition) is 3. The summed E-state index contributed by atoms with van der Waals surface area (Å²) in [6.07, 6.45) is 3.54. The molecule has 0 aliphatic heterocycles. The smallest absolute Gasteiger partial charge is 0.0921 e. The van der Waals surface area contributed by atoms with Crippen molar-refractivity contribution in [2.24, 2.45) is 11.5 Å². The van der Waals surface area contributed by atoms with Gasteiger partial charge in [-0.15, -0.1) is 0 Å². The second kappa shape index (κ2) is 5.12. The molecule has 0 saturated heterocycles. The number of nitrogens with one attached hydrogen (secondary N) is 1. The van der Waals surface area contributed by atoms with Crippen molar-refractivity contribution >= 4 is 0 Å². The molecule has 4 nitrogen and oxygen atoms in total. The van der Waals surface area contributed by atoms with Crippen LogP contribution in [-0.2, 0) is 13.1 Å². The molecule has 0 amide bonds. The highest BCUT2D eigenvalue weighted by atomic mass is 14.9. The normalized spacial score (nSPS) is 12.6. The van der Waals surface area contributed by atoms with E-state index in [4.69, 9.17) is 11.5 Å². The summed E-state index contributed by atoms with van der Waals surface area (Å²) >= 11 is 0. The third kappa shape index (κ3) is 2.23. The minimum atomic E-state index is 0.252. The van der Waals surface area contributed by atoms with Crippen LogP contribution < -0.4 is 11.5 Å². The van der Waals surface area contributed by atoms with Crippen LogP contribution in [0.5, 0.6) is 0 Å². The molecule has 2 rings (SSSR count). The third-order valence-electron chi connectivity index (χ3n) is 3.19. The van der Waals surface area contributed by atoms with Crippen molar-refractivity contribution in [1.29, 1.82) is 0 Å². The molecule has 0 aliphatic carbocycles. The summed E-state index contributed by atoms with van der Waals surface area (Å²) in [5, 5.41) is 0. The Morgan fingerprint density at radius 1 is 1.29 bits per heavy atom. The number of benzene rings is 1. The quantitative estimate of drug-likeness (QED) is 0.744. The van der Waals surface area contributed by atoms with Gasteiger partial charge in [-0.1, -0.05) is 25.1 Å². The zero-order valence-electron chi connectivity index (χ0n) is 9.98. The Morgan fingerprint density at radius 2 is 2.12 bits per heavy atom. The molecule has 0 bridgehead atoms. The number of nitrogens with zero attached hydrogens (tertiary/aromatic N) is 1. The van der Waals surface area contributed by atoms with Crippen molar-refractivity contribution in [3.63, 3.8) is 0 Å². The molecular formula is C13H18N4. The van der Waals surface area contributed by atoms with E-state index in [-0.39, 0.29) is 5.92 Å². The van der Waals surface area contributed by atoms with Crippen molar-refractivity contribution in [2.45, 2.75) is 25.9 Å². The molecule has 0 fully saturated rings. The first-order chi connectivity index (χ1) is 8.27. The molecule has 1 unspecified atom stereocenters. The third-order valence-corrected chi connectivity index (χ3v) is 3.19. The van der Waals surface area contributed by atoms with Gasteiger partial charge in [-0.2, -0.15) is 0 Å². The number of aromatic amines is 1. The van der Waals surface area contributed by atoms with Crippen LogP contribution in [-0.4, -0.2) is 9.97 Å². The average Bonchev–Trinajstić information content (AvgIpc) is 2.90. The second-order valence-corrected chi connectivity index (χ2v) is 4.12. The highest BCUT2D eigenvalue weighted by Crippen LogP contribution is 2.27. The maximum atomic E-state index is 5.84. The lowest BCUT2D eigenvalue weighted by Gasteiger charge is -2.17. The Balaban J connectivity index is 2.44. The summed E-state index contributed by atoms with van der Waals surface area (Å²) in [4.78, 5) is 7.20. The van der Waals surface area contributed by atoms with Gasteiger partial charge in [-0.05, 0) is 16.7 Å². The van der Waals surface area contributed by atoms with Crippen LogP contribution in [0, 0.1) is 0 Å². The van der Waals surface area contributed by atoms with E-state index in [9.17, 15) is 0 Å². The van der Waals surface area contributed by atoms with Crippen molar-refractivity contribution in [1.82, 2.24) is 9.97 Å². The molecule has 0 aliphatic rings. The lowest BCUT2D eigenvalue weighted by Crippen LogP contribution is -2.11. The summed E-state index contributed by atoms with van der Waals surface area (Å²) < 4.78 is 0. The summed E-state index contributed by atoms with van der Waals surface area (Å²) in [5.41, 5.74) is 16.2. The van der Waals surface area contributed by atoms with Crippen molar-refractivity contribution in [3.8, 4) is 0 Å². The molecule has 90 valence electrons. The Hall–Kier alpha value is -1.65. The average molecular weight is 230 g/mol. The Kier molecular flexibility index (Phi) is 3.56. The van der Waals surface area contributed by atoms with Crippen LogP contribution in [0.4, 0.5) is 0 Å². The summed E-state index contributed by atoms with van der Waals surface area (Å²) in [5.74, 6) is 0.252. The number of nitrogens with two attached hydrogens (primary N) is 2. The summed E-state index contributed by atoms with van der Waals surface area (Å²) in [6.45, 7) is 3.18. The van der Waals surface area contributed by atoms with Gasteiger partial charge in [-0.3, -0.25) is 0 Å². The Bertz CT molecular complexity index is 476. The van der Waals surface area contributed by atoms with E-state index >= 15 is 0 Å². The van der Waals surface area contributed by atoms with Crippen molar-refractivity contribution in [3.05, 3.63) is 53.1 Å². The minimum absolute atomic E-state index is 0.252. The van der Waals surface area contributed by atoms with Gasteiger partial charge in [0.25, 0.3) is 0 Å². The van der Waals surface area contributed by atoms with Crippen LogP contribution in [0.3, 0.4) is 0 Å². The molecule has 1 heterocycles. The molecule has 2 aromatic rings. The molecule has 1 aromatic heterocycles. The lowest BCUT2D eigenvalue weighted by atomic mass is 9.90. The molecule has 17 heavy (non-hydrogen) atoms. The monoisotopic (exact) mass is 230 g/mol. The SMILES string of the molecule is CC(c1cnc[nH]1)c1cccc(CN)c1CN. The molecule has 0 saturated carbocycles. The zero-order valence-corrected chi connectivity index (χ0v) is 9.98. The molecule has 0 radical (unpaired) electrons. The number of hydrogen-bond acceptors (Lipinski definition) is 3. The zero-order chi connectivity index (χ0) is 12.3. The van der Waals surface area contributed by atoms with E-state index < -0.39 is 0 Å². The van der Waals surface area contributed by atoms with Crippen molar-refractivity contribution in [2.75, 3.05) is 0 Å². The summed E-state index contributed by atoms with van der Waals surface area (Å²) in [7, 11) is 0. The number of H-pyrrole nitrogens is 1. The van der Waals surface area contributed by atoms with Gasteiger partial charge >= 0.3 is 0 Å². The maximum absolute atomic E-state index is 5.84. The van der Waals surface area contributed by atoms with E-state index in [2.05, 4.69) is 23.0 Å². The largest absolute Gasteiger partial charge is 0.348 e. The highest BCUT2D eigenvalue weighted by molar-refractivity contribution is 5.40. The fraction of sp³-hybridized carbons (Fsp3) is 0.308. The molecule has 5 N–H and O–H groups in total. The first-order valence-electron chi connectivity index (χ1n) is 5.77. The van der Waals surface area contributed by atoms with Crippen LogP contribution in [0.2, 0.25) is 0 Å². The predicted octanol–water partition coefficient (Wildman–Crippen LogP) is 1.48. The lowest BCUT2D eigenvalue weighted by molar-refractivity contribution is 0.842. The van der Waals surface area contributed by atoms with Gasteiger partial charge in [0, 0.05) is 30.9 Å². The molecular weight excluding hydrogens is 212 g/mol. The number of imidazole rings is 1. The Morgan fingerprint density at radius 3 is 2.71 bits per heavy atom. The predicted molar refractivity (Wildman–Crippen MR) is 68.3 cm³/mol. The van der Waals surface area contributed by atoms with Gasteiger partial charge in [0.1, 0.15) is 0 Å². The number of aromatic nitrogens is 2. The van der Waals surface area contributed by atoms with Crippen LogP contribution in [0.1, 0.15) is 35.2 Å². The molecule has 1 atom stereocenters. The molecule has 4 heteroatoms. The highest BCUT2D eigenvalue weighted by Gasteiger charge is 2.14. The Labute approximate surface area is 101 Å². The maximum Gasteiger partial charge on any atom is 0.0921 e. The van der Waals surface area contributed by atoms with Gasteiger partial charge in [0.2, 0.25) is 0 Å². The second-order valence-electron chi connectivity index (χ2n) is 4.12. The van der Waals surface area contributed by atoms with E-state index in [1.54, 1.807) is 6.33 Å². The van der Waals surface area contributed by atoms with E-state index in [0.29, 0.717) is 13.1 Å². The van der Waals surface area contributed by atoms with Gasteiger partial charge in [0.05, 0.1) is 6.33 Å². The molecule has 1 aromatic carbocycles. The van der Waals surface area contributed by atoms with Gasteiger partial charge in [-0.25, -0.2) is 4.98 Å². The van der Waals surface area contributed by atoms with E-state index in [0.717, 1.165) is 16.8 Å².